The van der Waals surface area contributed by atoms with Crippen molar-refractivity contribution in [3.8, 4) is 23.7 Å². The molecule has 1 aromatic carbocycles. The van der Waals surface area contributed by atoms with E-state index in [1.165, 1.54) is 12.1 Å². The van der Waals surface area contributed by atoms with Crippen molar-refractivity contribution < 1.29 is 27.9 Å². The molecule has 1 unspecified atom stereocenters. The third kappa shape index (κ3) is 5.33. The van der Waals surface area contributed by atoms with Crippen LogP contribution < -0.4 is 11.1 Å². The van der Waals surface area contributed by atoms with Crippen LogP contribution in [-0.2, 0) is 19.4 Å². The summed E-state index contributed by atoms with van der Waals surface area (Å²) >= 11 is 0. The molecule has 8 nitrogen and oxygen atoms in total. The minimum absolute atomic E-state index is 0.0267. The van der Waals surface area contributed by atoms with Gasteiger partial charge in [0.2, 0.25) is 0 Å². The van der Waals surface area contributed by atoms with Crippen LogP contribution in [0.25, 0.3) is 0 Å². The van der Waals surface area contributed by atoms with Gasteiger partial charge in [-0.3, -0.25) is 4.79 Å². The maximum atomic E-state index is 12.5. The lowest BCUT2D eigenvalue weighted by Gasteiger charge is -2.42. The van der Waals surface area contributed by atoms with Gasteiger partial charge in [-0.25, -0.2) is 13.2 Å². The molecule has 4 N–H and O–H groups in total. The lowest BCUT2D eigenvalue weighted by molar-refractivity contribution is -0.144. The van der Waals surface area contributed by atoms with E-state index in [9.17, 15) is 18.0 Å². The molecule has 1 aromatic rings. The first-order valence-corrected chi connectivity index (χ1v) is 10.1. The highest BCUT2D eigenvalue weighted by atomic mass is 32.2. The Morgan fingerprint density at radius 2 is 1.93 bits per heavy atom. The van der Waals surface area contributed by atoms with Crippen molar-refractivity contribution in [2.75, 3.05) is 25.2 Å². The van der Waals surface area contributed by atoms with E-state index in [-0.39, 0.29) is 12.2 Å². The minimum atomic E-state index is -3.32. The predicted octanol–water partition coefficient (Wildman–Crippen LogP) is -1.18. The Bertz CT molecular complexity index is 965. The summed E-state index contributed by atoms with van der Waals surface area (Å²) in [4.78, 5) is 24.5. The number of nitrogens with one attached hydrogen (secondary N) is 1. The molecule has 0 spiro atoms. The maximum absolute atomic E-state index is 12.5. The largest absolute Gasteiger partial charge is 0.467 e. The summed E-state index contributed by atoms with van der Waals surface area (Å²) in [6.07, 6.45) is 0.346. The first kappa shape index (κ1) is 21.5. The molecule has 1 heterocycles. The van der Waals surface area contributed by atoms with Crippen molar-refractivity contribution in [2.24, 2.45) is 5.73 Å². The van der Waals surface area contributed by atoms with Gasteiger partial charge in [0.15, 0.2) is 9.84 Å². The second kappa shape index (κ2) is 8.89. The van der Waals surface area contributed by atoms with Gasteiger partial charge in [-0.1, -0.05) is 11.8 Å². The Labute approximate surface area is 163 Å². The fourth-order valence-corrected chi connectivity index (χ4v) is 4.57. The number of carbonyl (C=O) groups is 2. The first-order chi connectivity index (χ1) is 13.2. The van der Waals surface area contributed by atoms with Gasteiger partial charge in [0, 0.05) is 17.5 Å². The van der Waals surface area contributed by atoms with Crippen LogP contribution in [0.5, 0.6) is 0 Å². The van der Waals surface area contributed by atoms with Crippen molar-refractivity contribution in [3.05, 3.63) is 35.4 Å². The zero-order chi connectivity index (χ0) is 20.8. The molecule has 0 aliphatic carbocycles. The molecule has 0 bridgehead atoms. The van der Waals surface area contributed by atoms with Crippen LogP contribution in [0.3, 0.4) is 0 Å². The molecule has 1 aliphatic heterocycles. The monoisotopic (exact) mass is 404 g/mol. The second-order valence-electron chi connectivity index (χ2n) is 6.30. The average Bonchev–Trinajstić information content (AvgIpc) is 2.64. The molecular formula is C19H20N2O6S. The highest BCUT2D eigenvalue weighted by Crippen LogP contribution is 2.25. The molecule has 1 fully saturated rings. The molecule has 1 amide bonds. The Balaban J connectivity index is 2.10. The SMILES string of the molecule is COC(=O)C(NC(=O)c1ccc(C#CC#CCCO)cc1)C1(N)CS(=O)(=O)C1. The molecule has 148 valence electrons. The third-order valence-corrected chi connectivity index (χ3v) is 5.96. The van der Waals surface area contributed by atoms with E-state index < -0.39 is 44.8 Å². The van der Waals surface area contributed by atoms with Crippen molar-refractivity contribution in [1.29, 1.82) is 0 Å². The maximum Gasteiger partial charge on any atom is 0.330 e. The number of nitrogens with two attached hydrogens (primary N) is 1. The van der Waals surface area contributed by atoms with Gasteiger partial charge in [0.1, 0.15) is 6.04 Å². The molecule has 9 heteroatoms. The number of sulfone groups is 1. The number of benzene rings is 1. The van der Waals surface area contributed by atoms with E-state index in [0.717, 1.165) is 7.11 Å². The fourth-order valence-electron chi connectivity index (χ4n) is 2.68. The van der Waals surface area contributed by atoms with E-state index >= 15 is 0 Å². The summed E-state index contributed by atoms with van der Waals surface area (Å²) in [6.45, 7) is -0.0267. The molecule has 28 heavy (non-hydrogen) atoms. The average molecular weight is 404 g/mol. The zero-order valence-corrected chi connectivity index (χ0v) is 16.0. The predicted molar refractivity (Wildman–Crippen MR) is 102 cm³/mol. The molecule has 0 radical (unpaired) electrons. The summed E-state index contributed by atoms with van der Waals surface area (Å²) in [5.41, 5.74) is 5.47. The van der Waals surface area contributed by atoms with Crippen molar-refractivity contribution >= 4 is 21.7 Å². The number of carbonyl (C=O) groups excluding carboxylic acids is 2. The standard InChI is InChI=1S/C19H20N2O6S/c1-27-18(24)16(19(20)12-28(25,26)13-19)21-17(23)15-9-7-14(8-10-15)6-4-2-3-5-11-22/h7-10,16,22H,5,11-13,20H2,1H3,(H,21,23). The Morgan fingerprint density at radius 1 is 1.29 bits per heavy atom. The van der Waals surface area contributed by atoms with E-state index in [0.29, 0.717) is 12.0 Å². The van der Waals surface area contributed by atoms with Crippen molar-refractivity contribution in [2.45, 2.75) is 18.0 Å². The zero-order valence-electron chi connectivity index (χ0n) is 15.2. The van der Waals surface area contributed by atoms with Crippen molar-refractivity contribution in [1.82, 2.24) is 5.32 Å². The number of aliphatic hydroxyl groups excluding tert-OH is 1. The normalized spacial score (nSPS) is 16.8. The van der Waals surface area contributed by atoms with E-state index in [1.54, 1.807) is 12.1 Å². The molecule has 1 atom stereocenters. The number of rotatable bonds is 5. The number of hydrogen-bond acceptors (Lipinski definition) is 7. The summed E-state index contributed by atoms with van der Waals surface area (Å²) in [5.74, 6) is 8.45. The summed E-state index contributed by atoms with van der Waals surface area (Å²) in [5, 5.41) is 11.1. The second-order valence-corrected chi connectivity index (χ2v) is 8.36. The van der Waals surface area contributed by atoms with Gasteiger partial charge in [-0.05, 0) is 36.1 Å². The molecule has 0 aromatic heterocycles. The lowest BCUT2D eigenvalue weighted by atomic mass is 9.94. The minimum Gasteiger partial charge on any atom is -0.467 e. The summed E-state index contributed by atoms with van der Waals surface area (Å²) in [7, 11) is -2.19. The van der Waals surface area contributed by atoms with Gasteiger partial charge in [-0.2, -0.15) is 0 Å². The highest BCUT2D eigenvalue weighted by Gasteiger charge is 2.54. The van der Waals surface area contributed by atoms with Crippen LogP contribution in [0.4, 0.5) is 0 Å². The van der Waals surface area contributed by atoms with Crippen molar-refractivity contribution in [3.63, 3.8) is 0 Å². The third-order valence-electron chi connectivity index (χ3n) is 4.01. The number of hydrogen-bond donors (Lipinski definition) is 3. The van der Waals surface area contributed by atoms with E-state index in [2.05, 4.69) is 33.7 Å². The van der Waals surface area contributed by atoms with Gasteiger partial charge in [-0.15, -0.1) is 0 Å². The van der Waals surface area contributed by atoms with Gasteiger partial charge in [0.05, 0.1) is 30.8 Å². The fraction of sp³-hybridized carbons (Fsp3) is 0.368. The van der Waals surface area contributed by atoms with Gasteiger partial charge < -0.3 is 20.9 Å². The van der Waals surface area contributed by atoms with Crippen LogP contribution in [0, 0.1) is 23.7 Å². The quantitative estimate of drug-likeness (QED) is 0.415. The molecule has 1 aliphatic rings. The van der Waals surface area contributed by atoms with Crippen LogP contribution in [0.1, 0.15) is 22.3 Å². The molecule has 2 rings (SSSR count). The molecule has 1 saturated heterocycles. The van der Waals surface area contributed by atoms with Crippen LogP contribution in [-0.4, -0.2) is 62.2 Å². The van der Waals surface area contributed by atoms with E-state index in [1.807, 2.05) is 0 Å². The topological polar surface area (TPSA) is 136 Å². The number of esters is 1. The molecule has 0 saturated carbocycles. The summed E-state index contributed by atoms with van der Waals surface area (Å²) in [6, 6.07) is 4.95. The van der Waals surface area contributed by atoms with E-state index in [4.69, 9.17) is 10.8 Å². The Hall–Kier alpha value is -2.85. The molecular weight excluding hydrogens is 384 g/mol. The number of ether oxygens (including phenoxy) is 1. The van der Waals surface area contributed by atoms with Gasteiger partial charge >= 0.3 is 5.97 Å². The smallest absolute Gasteiger partial charge is 0.330 e. The summed E-state index contributed by atoms with van der Waals surface area (Å²) < 4.78 is 27.6. The van der Waals surface area contributed by atoms with Crippen LogP contribution in [0.2, 0.25) is 0 Å². The van der Waals surface area contributed by atoms with Gasteiger partial charge in [0.25, 0.3) is 5.91 Å². The first-order valence-electron chi connectivity index (χ1n) is 8.28. The number of amides is 1. The van der Waals surface area contributed by atoms with Crippen LogP contribution >= 0.6 is 0 Å². The highest BCUT2D eigenvalue weighted by molar-refractivity contribution is 7.93. The Morgan fingerprint density at radius 3 is 2.46 bits per heavy atom. The Kier molecular flexibility index (Phi) is 6.81. The lowest BCUT2D eigenvalue weighted by Crippen LogP contribution is -2.74. The van der Waals surface area contributed by atoms with Crippen LogP contribution in [0.15, 0.2) is 24.3 Å². The number of aliphatic hydroxyl groups is 1. The number of methoxy groups -OCH3 is 1.